The second kappa shape index (κ2) is 7.29. The molecule has 1 heterocycles. The van der Waals surface area contributed by atoms with Crippen molar-refractivity contribution in [2.75, 3.05) is 5.75 Å². The largest absolute Gasteiger partial charge is 0.611 e. The first-order chi connectivity index (χ1) is 12.0. The Kier molecular flexibility index (Phi) is 5.11. The van der Waals surface area contributed by atoms with Crippen molar-refractivity contribution < 1.29 is 18.9 Å². The molecule has 1 atom stereocenters. The molecule has 0 fully saturated rings. The molecule has 130 valence electrons. The number of carboxylic acid groups (broad SMARTS) is 1. The van der Waals surface area contributed by atoms with Crippen molar-refractivity contribution in [3.8, 4) is 0 Å². The highest BCUT2D eigenvalue weighted by atomic mass is 32.2. The van der Waals surface area contributed by atoms with E-state index in [2.05, 4.69) is 6.92 Å². The van der Waals surface area contributed by atoms with E-state index in [4.69, 9.17) is 9.52 Å². The van der Waals surface area contributed by atoms with E-state index in [1.54, 1.807) is 18.2 Å². The minimum atomic E-state index is -1.13. The molecule has 6 heteroatoms. The maximum absolute atomic E-state index is 12.6. The number of carboxylic acids is 1. The van der Waals surface area contributed by atoms with Crippen LogP contribution in [0.3, 0.4) is 0 Å². The Bertz CT molecular complexity index is 992. The fourth-order valence-corrected chi connectivity index (χ4v) is 3.87. The van der Waals surface area contributed by atoms with E-state index in [0.717, 1.165) is 19.3 Å². The monoisotopic (exact) mass is 358 g/mol. The molecule has 0 aliphatic carbocycles. The van der Waals surface area contributed by atoms with Crippen LogP contribution in [0.1, 0.15) is 36.5 Å². The van der Waals surface area contributed by atoms with Crippen LogP contribution in [0.15, 0.2) is 50.5 Å². The van der Waals surface area contributed by atoms with E-state index in [0.29, 0.717) is 27.2 Å². The minimum Gasteiger partial charge on any atom is -0.611 e. The summed E-state index contributed by atoms with van der Waals surface area (Å²) in [5, 5.41) is 9.65. The Labute approximate surface area is 147 Å². The van der Waals surface area contributed by atoms with Crippen LogP contribution in [-0.4, -0.2) is 21.4 Å². The predicted octanol–water partition coefficient (Wildman–Crippen LogP) is 3.94. The van der Waals surface area contributed by atoms with Gasteiger partial charge in [-0.2, -0.15) is 0 Å². The van der Waals surface area contributed by atoms with Gasteiger partial charge in [-0.05, 0) is 54.3 Å². The molecule has 3 rings (SSSR count). The fourth-order valence-electron chi connectivity index (χ4n) is 2.71. The summed E-state index contributed by atoms with van der Waals surface area (Å²) in [5.41, 5.74) is 0.425. The Hall–Kier alpha value is -2.31. The van der Waals surface area contributed by atoms with Gasteiger partial charge in [0.1, 0.15) is 16.9 Å². The highest BCUT2D eigenvalue weighted by Gasteiger charge is 2.15. The van der Waals surface area contributed by atoms with Gasteiger partial charge in [-0.1, -0.05) is 13.3 Å². The van der Waals surface area contributed by atoms with Gasteiger partial charge >= 0.3 is 5.97 Å². The number of benzene rings is 2. The van der Waals surface area contributed by atoms with Gasteiger partial charge in [0.05, 0.1) is 16.3 Å². The molecule has 0 radical (unpaired) electrons. The van der Waals surface area contributed by atoms with Crippen molar-refractivity contribution in [2.24, 2.45) is 0 Å². The molecule has 1 N–H and O–H groups in total. The van der Waals surface area contributed by atoms with Gasteiger partial charge in [-0.3, -0.25) is 4.79 Å². The molecule has 0 saturated heterocycles. The summed E-state index contributed by atoms with van der Waals surface area (Å²) in [4.78, 5) is 24.3. The van der Waals surface area contributed by atoms with E-state index in [9.17, 15) is 14.1 Å². The average molecular weight is 358 g/mol. The standard InChI is InChI=1S/C19H18O5S/c1-2-3-4-9-25(23)13-6-7-14-17(11-13)24-16-8-5-12(19(21)22)10-15(16)18(14)20/h5-8,10-11H,2-4,9H2,1H3,(H,21,22). The Balaban J connectivity index is 2.06. The summed E-state index contributed by atoms with van der Waals surface area (Å²) in [6.45, 7) is 2.09. The Morgan fingerprint density at radius 2 is 1.92 bits per heavy atom. The number of hydrogen-bond acceptors (Lipinski definition) is 4. The summed E-state index contributed by atoms with van der Waals surface area (Å²) in [6, 6.07) is 9.11. The van der Waals surface area contributed by atoms with Crippen LogP contribution in [0.4, 0.5) is 0 Å². The number of aromatic carboxylic acids is 1. The number of rotatable bonds is 6. The number of carbonyl (C=O) groups is 1. The molecule has 0 bridgehead atoms. The smallest absolute Gasteiger partial charge is 0.335 e. The molecule has 0 amide bonds. The second-order valence-corrected chi connectivity index (χ2v) is 7.43. The third kappa shape index (κ3) is 3.55. The molecule has 1 aromatic heterocycles. The first-order valence-electron chi connectivity index (χ1n) is 8.13. The average Bonchev–Trinajstić information content (AvgIpc) is 2.61. The summed E-state index contributed by atoms with van der Waals surface area (Å²) in [5.74, 6) is -0.515. The Morgan fingerprint density at radius 3 is 2.64 bits per heavy atom. The van der Waals surface area contributed by atoms with Gasteiger partial charge in [-0.15, -0.1) is 0 Å². The normalized spacial score (nSPS) is 12.6. The maximum atomic E-state index is 12.6. The Morgan fingerprint density at radius 1 is 1.12 bits per heavy atom. The minimum absolute atomic E-state index is 0.0350. The fraction of sp³-hybridized carbons (Fsp3) is 0.263. The maximum Gasteiger partial charge on any atom is 0.335 e. The molecule has 0 aliphatic rings. The molecule has 5 nitrogen and oxygen atoms in total. The lowest BCUT2D eigenvalue weighted by molar-refractivity contribution is 0.0697. The van der Waals surface area contributed by atoms with Crippen LogP contribution in [0.25, 0.3) is 21.9 Å². The summed E-state index contributed by atoms with van der Waals surface area (Å²) >= 11 is -1.13. The van der Waals surface area contributed by atoms with Crippen LogP contribution in [0, 0.1) is 0 Å². The second-order valence-electron chi connectivity index (χ2n) is 5.86. The van der Waals surface area contributed by atoms with E-state index < -0.39 is 17.1 Å². The molecule has 25 heavy (non-hydrogen) atoms. The number of hydrogen-bond donors (Lipinski definition) is 1. The van der Waals surface area contributed by atoms with Crippen LogP contribution in [0.2, 0.25) is 0 Å². The van der Waals surface area contributed by atoms with Crippen molar-refractivity contribution in [3.05, 3.63) is 52.2 Å². The van der Waals surface area contributed by atoms with Crippen molar-refractivity contribution in [3.63, 3.8) is 0 Å². The molecule has 1 unspecified atom stereocenters. The van der Waals surface area contributed by atoms with Crippen LogP contribution >= 0.6 is 0 Å². The SMILES string of the molecule is CCCCC[S+]([O-])c1ccc2c(=O)c3cc(C(=O)O)ccc3oc2c1. The molecule has 0 aliphatic heterocycles. The van der Waals surface area contributed by atoms with E-state index >= 15 is 0 Å². The van der Waals surface area contributed by atoms with Crippen molar-refractivity contribution in [2.45, 2.75) is 31.1 Å². The van der Waals surface area contributed by atoms with Gasteiger partial charge < -0.3 is 14.1 Å². The van der Waals surface area contributed by atoms with E-state index in [1.807, 2.05) is 0 Å². The van der Waals surface area contributed by atoms with Crippen LogP contribution in [-0.2, 0) is 11.2 Å². The van der Waals surface area contributed by atoms with Crippen molar-refractivity contribution in [1.29, 1.82) is 0 Å². The molecule has 2 aromatic carbocycles. The quantitative estimate of drug-likeness (QED) is 0.409. The van der Waals surface area contributed by atoms with Gasteiger partial charge in [-0.25, -0.2) is 4.79 Å². The third-order valence-electron chi connectivity index (χ3n) is 4.08. The zero-order chi connectivity index (χ0) is 18.0. The summed E-state index contributed by atoms with van der Waals surface area (Å²) in [7, 11) is 0. The van der Waals surface area contributed by atoms with E-state index in [-0.39, 0.29) is 16.4 Å². The molecular weight excluding hydrogens is 340 g/mol. The van der Waals surface area contributed by atoms with E-state index in [1.165, 1.54) is 18.2 Å². The highest BCUT2D eigenvalue weighted by molar-refractivity contribution is 7.91. The zero-order valence-electron chi connectivity index (χ0n) is 13.8. The predicted molar refractivity (Wildman–Crippen MR) is 97.7 cm³/mol. The lowest BCUT2D eigenvalue weighted by atomic mass is 10.1. The first-order valence-corrected chi connectivity index (χ1v) is 9.45. The summed E-state index contributed by atoms with van der Waals surface area (Å²) < 4.78 is 18.1. The van der Waals surface area contributed by atoms with Gasteiger partial charge in [0, 0.05) is 6.07 Å². The lowest BCUT2D eigenvalue weighted by Crippen LogP contribution is -2.08. The zero-order valence-corrected chi connectivity index (χ0v) is 14.6. The lowest BCUT2D eigenvalue weighted by Gasteiger charge is -2.10. The topological polar surface area (TPSA) is 90.6 Å². The summed E-state index contributed by atoms with van der Waals surface area (Å²) in [6.07, 6.45) is 2.99. The van der Waals surface area contributed by atoms with Crippen LogP contribution in [0.5, 0.6) is 0 Å². The third-order valence-corrected chi connectivity index (χ3v) is 5.52. The van der Waals surface area contributed by atoms with Gasteiger partial charge in [0.25, 0.3) is 0 Å². The molecule has 3 aromatic rings. The number of unbranched alkanes of at least 4 members (excludes halogenated alkanes) is 2. The number of fused-ring (bicyclic) bond motifs is 2. The molecule has 0 saturated carbocycles. The van der Waals surface area contributed by atoms with Crippen molar-refractivity contribution in [1.82, 2.24) is 0 Å². The molecular formula is C19H18O5S. The van der Waals surface area contributed by atoms with Gasteiger partial charge in [0.15, 0.2) is 4.90 Å². The first kappa shape index (κ1) is 17.5. The van der Waals surface area contributed by atoms with Crippen LogP contribution < -0.4 is 5.43 Å². The molecule has 0 spiro atoms. The highest BCUT2D eigenvalue weighted by Crippen LogP contribution is 2.23. The van der Waals surface area contributed by atoms with Crippen molar-refractivity contribution >= 4 is 39.1 Å². The van der Waals surface area contributed by atoms with Gasteiger partial charge in [0.2, 0.25) is 5.43 Å².